The number of hydrogen-bond acceptors (Lipinski definition) is 5. The molecule has 6 rings (SSSR count). The van der Waals surface area contributed by atoms with Crippen LogP contribution in [0.15, 0.2) is 58.4 Å². The molecule has 5 nitrogen and oxygen atoms in total. The summed E-state index contributed by atoms with van der Waals surface area (Å²) in [5.74, 6) is 2.11. The van der Waals surface area contributed by atoms with Crippen LogP contribution >= 0.6 is 23.1 Å². The molecule has 1 amide bonds. The molecule has 1 aliphatic heterocycles. The third-order valence-electron chi connectivity index (χ3n) is 8.10. The summed E-state index contributed by atoms with van der Waals surface area (Å²) in [6.45, 7) is 2.08. The van der Waals surface area contributed by atoms with Crippen molar-refractivity contribution >= 4 is 40.4 Å². The van der Waals surface area contributed by atoms with E-state index in [1.807, 2.05) is 43.0 Å². The van der Waals surface area contributed by atoms with E-state index >= 15 is 0 Å². The average Bonchev–Trinajstić information content (AvgIpc) is 3.54. The smallest absolute Gasteiger partial charge is 0.308 e. The first-order chi connectivity index (χ1) is 16.9. The van der Waals surface area contributed by atoms with Gasteiger partial charge < -0.3 is 10.2 Å². The molecular weight excluding hydrogens is 474 g/mol. The molecule has 2 aromatic carbocycles. The Balaban J connectivity index is 1.35. The average molecular weight is 506 g/mol. The van der Waals surface area contributed by atoms with Gasteiger partial charge in [0.25, 0.3) is 0 Å². The Morgan fingerprint density at radius 2 is 1.77 bits per heavy atom. The van der Waals surface area contributed by atoms with Gasteiger partial charge in [-0.1, -0.05) is 41.2 Å². The lowest BCUT2D eigenvalue weighted by Gasteiger charge is -2.40. The summed E-state index contributed by atoms with van der Waals surface area (Å²) in [7, 11) is 4.12. The second-order valence-corrected chi connectivity index (χ2v) is 12.7. The summed E-state index contributed by atoms with van der Waals surface area (Å²) < 4.78 is 1.73. The minimum Gasteiger partial charge on any atom is -0.378 e. The number of nitrogens with one attached hydrogen (secondary N) is 1. The van der Waals surface area contributed by atoms with Gasteiger partial charge in [0.15, 0.2) is 0 Å². The van der Waals surface area contributed by atoms with Crippen LogP contribution in [0.5, 0.6) is 0 Å². The number of anilines is 2. The number of rotatable bonds is 5. The SMILES string of the molecule is Cc1ccc(NC(=O)Cn2c3c(sc2=O)[C@@H](c2ccc(N(C)C)cc2)C2C4CCC(C4)C2S3)cc1. The van der Waals surface area contributed by atoms with Gasteiger partial charge >= 0.3 is 4.87 Å². The van der Waals surface area contributed by atoms with Crippen LogP contribution < -0.4 is 15.1 Å². The molecule has 2 bridgehead atoms. The third-order valence-corrected chi connectivity index (χ3v) is 10.9. The molecule has 3 aromatic rings. The van der Waals surface area contributed by atoms with E-state index in [0.29, 0.717) is 11.2 Å². The molecule has 2 heterocycles. The van der Waals surface area contributed by atoms with E-state index in [1.165, 1.54) is 41.9 Å². The van der Waals surface area contributed by atoms with Crippen molar-refractivity contribution in [2.24, 2.45) is 17.8 Å². The van der Waals surface area contributed by atoms with Crippen LogP contribution in [0.3, 0.4) is 0 Å². The number of benzene rings is 2. The number of carbonyl (C=O) groups is 1. The lowest BCUT2D eigenvalue weighted by Crippen LogP contribution is -2.34. The Hall–Kier alpha value is -2.51. The van der Waals surface area contributed by atoms with E-state index in [0.717, 1.165) is 33.0 Å². The lowest BCUT2D eigenvalue weighted by atomic mass is 9.75. The zero-order valence-corrected chi connectivity index (χ0v) is 22.0. The van der Waals surface area contributed by atoms with Crippen molar-refractivity contribution in [1.82, 2.24) is 4.57 Å². The van der Waals surface area contributed by atoms with Crippen LogP contribution in [-0.2, 0) is 11.3 Å². The highest BCUT2D eigenvalue weighted by molar-refractivity contribution is 8.00. The minimum atomic E-state index is -0.154. The summed E-state index contributed by atoms with van der Waals surface area (Å²) in [5, 5.41) is 4.52. The van der Waals surface area contributed by atoms with Crippen molar-refractivity contribution in [3.8, 4) is 0 Å². The largest absolute Gasteiger partial charge is 0.378 e. The number of thioether (sulfide) groups is 1. The second-order valence-electron chi connectivity index (χ2n) is 10.5. The van der Waals surface area contributed by atoms with Crippen molar-refractivity contribution in [3.63, 3.8) is 0 Å². The first kappa shape index (κ1) is 22.9. The van der Waals surface area contributed by atoms with Gasteiger partial charge in [-0.2, -0.15) is 0 Å². The number of aryl methyl sites for hydroxylation is 1. The second kappa shape index (κ2) is 8.86. The highest BCUT2D eigenvalue weighted by Crippen LogP contribution is 2.64. The molecule has 182 valence electrons. The number of fused-ring (bicyclic) bond motifs is 6. The van der Waals surface area contributed by atoms with Gasteiger partial charge in [-0.25, -0.2) is 0 Å². The van der Waals surface area contributed by atoms with Gasteiger partial charge in [-0.3, -0.25) is 14.2 Å². The minimum absolute atomic E-state index is 0.0243. The summed E-state index contributed by atoms with van der Waals surface area (Å²) in [6.07, 6.45) is 3.91. The van der Waals surface area contributed by atoms with Crippen molar-refractivity contribution in [2.75, 3.05) is 24.3 Å². The number of carbonyl (C=O) groups excluding carboxylic acids is 1. The van der Waals surface area contributed by atoms with E-state index in [-0.39, 0.29) is 23.2 Å². The van der Waals surface area contributed by atoms with Gasteiger partial charge in [-0.05, 0) is 73.8 Å². The van der Waals surface area contributed by atoms with Crippen molar-refractivity contribution in [3.05, 3.63) is 74.2 Å². The molecule has 7 heteroatoms. The number of nitrogens with zero attached hydrogens (tertiary/aromatic N) is 2. The summed E-state index contributed by atoms with van der Waals surface area (Å²) >= 11 is 3.23. The highest BCUT2D eigenvalue weighted by Gasteiger charge is 2.55. The quantitative estimate of drug-likeness (QED) is 0.492. The molecule has 35 heavy (non-hydrogen) atoms. The molecular formula is C28H31N3O2S2. The molecule has 1 aromatic heterocycles. The van der Waals surface area contributed by atoms with Crippen molar-refractivity contribution in [2.45, 2.75) is 48.9 Å². The summed E-state index contributed by atoms with van der Waals surface area (Å²) in [4.78, 5) is 29.4. The number of thiazole rings is 1. The van der Waals surface area contributed by atoms with Crippen LogP contribution in [0.2, 0.25) is 0 Å². The lowest BCUT2D eigenvalue weighted by molar-refractivity contribution is -0.116. The molecule has 4 unspecified atom stereocenters. The molecule has 0 radical (unpaired) electrons. The van der Waals surface area contributed by atoms with E-state index in [2.05, 4.69) is 48.6 Å². The predicted molar refractivity (Wildman–Crippen MR) is 145 cm³/mol. The molecule has 0 spiro atoms. The maximum atomic E-state index is 13.2. The topological polar surface area (TPSA) is 54.3 Å². The van der Waals surface area contributed by atoms with E-state index in [9.17, 15) is 9.59 Å². The zero-order valence-electron chi connectivity index (χ0n) is 20.4. The Morgan fingerprint density at radius 3 is 2.49 bits per heavy atom. The fourth-order valence-electron chi connectivity index (χ4n) is 6.42. The highest BCUT2D eigenvalue weighted by atomic mass is 32.2. The van der Waals surface area contributed by atoms with E-state index < -0.39 is 0 Å². The van der Waals surface area contributed by atoms with E-state index in [1.54, 1.807) is 4.57 Å². The molecule has 1 N–H and O–H groups in total. The maximum Gasteiger partial charge on any atom is 0.308 e. The molecule has 5 atom stereocenters. The molecule has 2 fully saturated rings. The number of aromatic nitrogens is 1. The molecule has 2 aliphatic carbocycles. The molecule has 3 aliphatic rings. The maximum absolute atomic E-state index is 13.2. The van der Waals surface area contributed by atoms with Gasteiger partial charge in [0.1, 0.15) is 6.54 Å². The zero-order chi connectivity index (χ0) is 24.3. The third kappa shape index (κ3) is 4.02. The standard InChI is InChI=1S/C28H31N3O2S2/c1-16-4-10-20(11-5-16)29-22(32)15-31-27-26(35-28(31)33)23(17-8-12-21(13-9-17)30(2)3)24-18-6-7-19(14-18)25(24)34-27/h4-5,8-13,18-19,23-25H,6-7,14-15H2,1-3H3,(H,29,32)/t18?,19?,23-,24?,25?/m0/s1. The Bertz CT molecular complexity index is 1310. The Morgan fingerprint density at radius 1 is 1.06 bits per heavy atom. The normalized spacial score (nSPS) is 26.3. The van der Waals surface area contributed by atoms with E-state index in [4.69, 9.17) is 0 Å². The van der Waals surface area contributed by atoms with Gasteiger partial charge in [0.05, 0.1) is 5.03 Å². The van der Waals surface area contributed by atoms with Gasteiger partial charge in [-0.15, -0.1) is 11.8 Å². The fourth-order valence-corrected chi connectivity index (χ4v) is 9.57. The Labute approximate surface area is 214 Å². The van der Waals surface area contributed by atoms with Crippen LogP contribution in [0.25, 0.3) is 0 Å². The summed E-state index contributed by atoms with van der Waals surface area (Å²) in [6, 6.07) is 16.6. The first-order valence-electron chi connectivity index (χ1n) is 12.4. The van der Waals surface area contributed by atoms with Gasteiger partial charge in [0.2, 0.25) is 5.91 Å². The molecule has 2 saturated carbocycles. The number of amides is 1. The van der Waals surface area contributed by atoms with Crippen molar-refractivity contribution < 1.29 is 4.79 Å². The van der Waals surface area contributed by atoms with Crippen LogP contribution in [-0.4, -0.2) is 29.8 Å². The molecule has 0 saturated heterocycles. The fraction of sp³-hybridized carbons (Fsp3) is 0.429. The van der Waals surface area contributed by atoms with Crippen LogP contribution in [0.4, 0.5) is 11.4 Å². The number of hydrogen-bond donors (Lipinski definition) is 1. The van der Waals surface area contributed by atoms with Gasteiger partial charge in [0, 0.05) is 41.5 Å². The van der Waals surface area contributed by atoms with Crippen molar-refractivity contribution in [1.29, 1.82) is 0 Å². The Kier molecular flexibility index (Phi) is 5.80. The summed E-state index contributed by atoms with van der Waals surface area (Å²) in [5.41, 5.74) is 4.39. The first-order valence-corrected chi connectivity index (χ1v) is 14.1. The van der Waals surface area contributed by atoms with Crippen LogP contribution in [0, 0.1) is 24.7 Å². The monoisotopic (exact) mass is 505 g/mol. The van der Waals surface area contributed by atoms with Crippen LogP contribution in [0.1, 0.15) is 41.2 Å². The predicted octanol–water partition coefficient (Wildman–Crippen LogP) is 5.58.